The van der Waals surface area contributed by atoms with Crippen LogP contribution in [0.25, 0.3) is 11.3 Å². The van der Waals surface area contributed by atoms with E-state index in [1.54, 1.807) is 17.8 Å². The zero-order chi connectivity index (χ0) is 18.6. The Hall–Kier alpha value is -2.46. The van der Waals surface area contributed by atoms with Crippen LogP contribution in [0.15, 0.2) is 75.9 Å². The third-order valence-corrected chi connectivity index (χ3v) is 6.22. The molecular weight excluding hydrogens is 356 g/mol. The first-order valence-corrected chi connectivity index (χ1v) is 10.3. The van der Waals surface area contributed by atoms with E-state index in [2.05, 4.69) is 12.1 Å². The third kappa shape index (κ3) is 4.45. The fourth-order valence-corrected chi connectivity index (χ4v) is 4.61. The average molecular weight is 378 g/mol. The summed E-state index contributed by atoms with van der Waals surface area (Å²) < 4.78 is 5.58. The minimum absolute atomic E-state index is 0.0383. The van der Waals surface area contributed by atoms with Gasteiger partial charge in [-0.15, -0.1) is 11.8 Å². The van der Waals surface area contributed by atoms with Crippen LogP contribution in [-0.2, 0) is 5.75 Å². The summed E-state index contributed by atoms with van der Waals surface area (Å²) in [5.74, 6) is 1.89. The quantitative estimate of drug-likeness (QED) is 0.565. The summed E-state index contributed by atoms with van der Waals surface area (Å²) in [5, 5.41) is 10.6. The maximum absolute atomic E-state index is 12.7. The Kier molecular flexibility index (Phi) is 5.35. The molecule has 4 heteroatoms. The molecule has 1 N–H and O–H groups in total. The lowest BCUT2D eigenvalue weighted by molar-refractivity contribution is 0.437. The zero-order valence-electron chi connectivity index (χ0n) is 15.0. The fraction of sp³-hybridized carbons (Fsp3) is 0.261. The van der Waals surface area contributed by atoms with E-state index in [1.807, 2.05) is 48.5 Å². The fourth-order valence-electron chi connectivity index (χ4n) is 3.23. The minimum atomic E-state index is -0.430. The van der Waals surface area contributed by atoms with E-state index in [1.165, 1.54) is 18.4 Å². The Balaban J connectivity index is 1.62. The molecule has 138 valence electrons. The van der Waals surface area contributed by atoms with Gasteiger partial charge in [0.25, 0.3) is 0 Å². The lowest BCUT2D eigenvalue weighted by Gasteiger charge is -2.17. The van der Waals surface area contributed by atoms with Gasteiger partial charge in [-0.2, -0.15) is 0 Å². The number of hydrogen-bond donors (Lipinski definition) is 1. The van der Waals surface area contributed by atoms with E-state index in [-0.39, 0.29) is 11.0 Å². The first kappa shape index (κ1) is 17.9. The summed E-state index contributed by atoms with van der Waals surface area (Å²) in [5.41, 5.74) is 1.97. The van der Waals surface area contributed by atoms with Crippen LogP contribution in [0.5, 0.6) is 5.75 Å². The molecule has 2 aromatic carbocycles. The third-order valence-electron chi connectivity index (χ3n) is 4.88. The SMILES string of the molecule is O=c1oc(-c2ccccc2)cc(O)c1[C@@H](CC1CC1)SCc1ccccc1. The van der Waals surface area contributed by atoms with Crippen molar-refractivity contribution in [2.75, 3.05) is 0 Å². The molecule has 0 bridgehead atoms. The normalized spacial score (nSPS) is 14.8. The zero-order valence-corrected chi connectivity index (χ0v) is 15.8. The van der Waals surface area contributed by atoms with Crippen molar-refractivity contribution in [2.24, 2.45) is 5.92 Å². The summed E-state index contributed by atoms with van der Waals surface area (Å²) in [6, 6.07) is 21.2. The van der Waals surface area contributed by atoms with Gasteiger partial charge in [0.1, 0.15) is 11.5 Å². The van der Waals surface area contributed by atoms with Crippen LogP contribution in [0.4, 0.5) is 0 Å². The number of aromatic hydroxyl groups is 1. The summed E-state index contributed by atoms with van der Waals surface area (Å²) in [7, 11) is 0. The molecule has 3 nitrogen and oxygen atoms in total. The van der Waals surface area contributed by atoms with Crippen molar-refractivity contribution < 1.29 is 9.52 Å². The van der Waals surface area contributed by atoms with Gasteiger partial charge in [-0.1, -0.05) is 73.5 Å². The summed E-state index contributed by atoms with van der Waals surface area (Å²) in [6.45, 7) is 0. The average Bonchev–Trinajstić information content (AvgIpc) is 3.51. The first-order chi connectivity index (χ1) is 13.2. The van der Waals surface area contributed by atoms with Crippen molar-refractivity contribution in [3.8, 4) is 17.1 Å². The van der Waals surface area contributed by atoms with E-state index in [4.69, 9.17) is 4.42 Å². The molecule has 1 aliphatic rings. The van der Waals surface area contributed by atoms with Gasteiger partial charge in [0.05, 0.1) is 5.56 Å². The lowest BCUT2D eigenvalue weighted by atomic mass is 10.1. The van der Waals surface area contributed by atoms with Crippen molar-refractivity contribution in [2.45, 2.75) is 30.3 Å². The van der Waals surface area contributed by atoms with Gasteiger partial charge in [0, 0.05) is 22.6 Å². The number of rotatable bonds is 7. The monoisotopic (exact) mass is 378 g/mol. The molecule has 1 saturated carbocycles. The van der Waals surface area contributed by atoms with Crippen molar-refractivity contribution in [1.82, 2.24) is 0 Å². The Morgan fingerprint density at radius 2 is 1.70 bits per heavy atom. The topological polar surface area (TPSA) is 50.4 Å². The molecule has 1 fully saturated rings. The second-order valence-corrected chi connectivity index (χ2v) is 8.22. The molecule has 1 atom stereocenters. The van der Waals surface area contributed by atoms with E-state index in [0.29, 0.717) is 17.2 Å². The molecule has 0 spiro atoms. The maximum Gasteiger partial charge on any atom is 0.344 e. The highest BCUT2D eigenvalue weighted by Gasteiger charge is 2.30. The molecule has 27 heavy (non-hydrogen) atoms. The molecule has 0 aliphatic heterocycles. The highest BCUT2D eigenvalue weighted by molar-refractivity contribution is 7.98. The smallest absolute Gasteiger partial charge is 0.344 e. The molecule has 1 aliphatic carbocycles. The Bertz CT molecular complexity index is 946. The van der Waals surface area contributed by atoms with E-state index in [9.17, 15) is 9.90 Å². The molecule has 0 amide bonds. The van der Waals surface area contributed by atoms with Gasteiger partial charge >= 0.3 is 5.63 Å². The lowest BCUT2D eigenvalue weighted by Crippen LogP contribution is -2.12. The van der Waals surface area contributed by atoms with Crippen LogP contribution in [0, 0.1) is 5.92 Å². The minimum Gasteiger partial charge on any atom is -0.507 e. The van der Waals surface area contributed by atoms with Crippen LogP contribution in [0.1, 0.15) is 35.6 Å². The molecule has 0 unspecified atom stereocenters. The number of hydrogen-bond acceptors (Lipinski definition) is 4. The summed E-state index contributed by atoms with van der Waals surface area (Å²) in [4.78, 5) is 12.7. The second-order valence-electron chi connectivity index (χ2n) is 7.03. The molecule has 1 heterocycles. The molecule has 1 aromatic heterocycles. The van der Waals surface area contributed by atoms with Gasteiger partial charge in [-0.05, 0) is 17.9 Å². The van der Waals surface area contributed by atoms with E-state index < -0.39 is 5.63 Å². The van der Waals surface area contributed by atoms with E-state index >= 15 is 0 Å². The number of benzene rings is 2. The van der Waals surface area contributed by atoms with Crippen molar-refractivity contribution in [1.29, 1.82) is 0 Å². The van der Waals surface area contributed by atoms with Crippen LogP contribution in [0.3, 0.4) is 0 Å². The van der Waals surface area contributed by atoms with Crippen molar-refractivity contribution >= 4 is 11.8 Å². The Labute approximate surface area is 163 Å². The molecule has 3 aromatic rings. The first-order valence-electron chi connectivity index (χ1n) is 9.28. The molecule has 4 rings (SSSR count). The summed E-state index contributed by atoms with van der Waals surface area (Å²) >= 11 is 1.71. The van der Waals surface area contributed by atoms with E-state index in [0.717, 1.165) is 17.7 Å². The largest absolute Gasteiger partial charge is 0.507 e. The Morgan fingerprint density at radius 1 is 1.04 bits per heavy atom. The summed E-state index contributed by atoms with van der Waals surface area (Å²) in [6.07, 6.45) is 3.31. The maximum atomic E-state index is 12.7. The van der Waals surface area contributed by atoms with Gasteiger partial charge in [-0.3, -0.25) is 0 Å². The van der Waals surface area contributed by atoms with Gasteiger partial charge in [0.2, 0.25) is 0 Å². The van der Waals surface area contributed by atoms with Crippen molar-refractivity contribution in [3.63, 3.8) is 0 Å². The van der Waals surface area contributed by atoms with Crippen LogP contribution in [0.2, 0.25) is 0 Å². The van der Waals surface area contributed by atoms with Crippen molar-refractivity contribution in [3.05, 3.63) is 88.3 Å². The van der Waals surface area contributed by atoms with Crippen LogP contribution in [-0.4, -0.2) is 5.11 Å². The van der Waals surface area contributed by atoms with Crippen LogP contribution >= 0.6 is 11.8 Å². The Morgan fingerprint density at radius 3 is 2.33 bits per heavy atom. The number of thioether (sulfide) groups is 1. The molecule has 0 saturated heterocycles. The molecular formula is C23H22O3S. The highest BCUT2D eigenvalue weighted by atomic mass is 32.2. The second kappa shape index (κ2) is 8.05. The highest BCUT2D eigenvalue weighted by Crippen LogP contribution is 2.46. The molecule has 0 radical (unpaired) electrons. The standard InChI is InChI=1S/C23H22O3S/c24-19-14-20(18-9-5-2-6-10-18)26-23(25)22(19)21(13-16-11-12-16)27-15-17-7-3-1-4-8-17/h1-10,14,16,21,24H,11-13,15H2/t21-/m1/s1. The van der Waals surface area contributed by atoms with Gasteiger partial charge in [0.15, 0.2) is 0 Å². The van der Waals surface area contributed by atoms with Crippen LogP contribution < -0.4 is 5.63 Å². The van der Waals surface area contributed by atoms with Gasteiger partial charge in [-0.25, -0.2) is 4.79 Å². The predicted octanol–water partition coefficient (Wildman–Crippen LogP) is 5.79. The predicted molar refractivity (Wildman–Crippen MR) is 110 cm³/mol. The van der Waals surface area contributed by atoms with Gasteiger partial charge < -0.3 is 9.52 Å².